The fourth-order valence-corrected chi connectivity index (χ4v) is 3.56. The number of hydrogen-bond acceptors (Lipinski definition) is 5. The molecule has 0 radical (unpaired) electrons. The number of rotatable bonds is 6. The summed E-state index contributed by atoms with van der Waals surface area (Å²) >= 11 is 0. The first-order valence-corrected chi connectivity index (χ1v) is 10.1. The molecular formula is C22H21F3N2O5. The van der Waals surface area contributed by atoms with Crippen molar-refractivity contribution in [2.75, 3.05) is 30.2 Å². The highest BCUT2D eigenvalue weighted by Gasteiger charge is 2.37. The van der Waals surface area contributed by atoms with E-state index in [1.807, 2.05) is 6.92 Å². The fourth-order valence-electron chi connectivity index (χ4n) is 3.56. The van der Waals surface area contributed by atoms with Crippen molar-refractivity contribution in [2.24, 2.45) is 5.92 Å². The summed E-state index contributed by atoms with van der Waals surface area (Å²) in [5.41, 5.74) is -0.422. The van der Waals surface area contributed by atoms with Crippen molar-refractivity contribution in [1.29, 1.82) is 0 Å². The van der Waals surface area contributed by atoms with E-state index in [1.165, 1.54) is 11.0 Å². The average molecular weight is 450 g/mol. The topological polar surface area (TPSA) is 77.1 Å². The Morgan fingerprint density at radius 1 is 1.19 bits per heavy atom. The zero-order valence-corrected chi connectivity index (χ0v) is 17.2. The molecule has 2 aliphatic rings. The maximum absolute atomic E-state index is 13.2. The number of carbonyl (C=O) groups is 2. The van der Waals surface area contributed by atoms with Crippen molar-refractivity contribution in [3.05, 3.63) is 42.0 Å². The number of benzene rings is 2. The summed E-state index contributed by atoms with van der Waals surface area (Å²) in [5, 5.41) is 2.52. The Kier molecular flexibility index (Phi) is 5.86. The minimum Gasteiger partial charge on any atom is -0.491 e. The van der Waals surface area contributed by atoms with E-state index in [9.17, 15) is 22.8 Å². The zero-order valence-electron chi connectivity index (χ0n) is 17.2. The van der Waals surface area contributed by atoms with Crippen LogP contribution >= 0.6 is 0 Å². The van der Waals surface area contributed by atoms with Gasteiger partial charge in [-0.25, -0.2) is 0 Å². The van der Waals surface area contributed by atoms with Crippen LogP contribution in [-0.2, 0) is 15.8 Å². The Labute approximate surface area is 182 Å². The lowest BCUT2D eigenvalue weighted by Gasteiger charge is -2.18. The highest BCUT2D eigenvalue weighted by Crippen LogP contribution is 2.38. The fraction of sp³-hybridized carbons (Fsp3) is 0.364. The largest absolute Gasteiger partial charge is 0.491 e. The van der Waals surface area contributed by atoms with E-state index in [0.717, 1.165) is 12.1 Å². The molecule has 2 aliphatic heterocycles. The zero-order chi connectivity index (χ0) is 22.9. The van der Waals surface area contributed by atoms with E-state index in [-0.39, 0.29) is 43.7 Å². The van der Waals surface area contributed by atoms with Crippen LogP contribution in [0.25, 0.3) is 0 Å². The number of nitrogens with zero attached hydrogens (tertiary/aromatic N) is 1. The quantitative estimate of drug-likeness (QED) is 0.714. The molecule has 2 aromatic carbocycles. The third-order valence-electron chi connectivity index (χ3n) is 5.19. The maximum Gasteiger partial charge on any atom is 0.416 e. The third kappa shape index (κ3) is 4.44. The minimum atomic E-state index is -4.57. The van der Waals surface area contributed by atoms with Crippen molar-refractivity contribution in [1.82, 2.24) is 0 Å². The molecule has 32 heavy (non-hydrogen) atoms. The molecule has 2 aromatic rings. The first kappa shape index (κ1) is 21.8. The van der Waals surface area contributed by atoms with Crippen LogP contribution in [0.1, 0.15) is 25.3 Å². The molecule has 4 rings (SSSR count). The summed E-state index contributed by atoms with van der Waals surface area (Å²) < 4.78 is 55.5. The van der Waals surface area contributed by atoms with Gasteiger partial charge in [-0.2, -0.15) is 13.2 Å². The molecule has 0 spiro atoms. The summed E-state index contributed by atoms with van der Waals surface area (Å²) in [6.07, 6.45) is -3.98. The second kappa shape index (κ2) is 8.60. The Morgan fingerprint density at radius 3 is 2.72 bits per heavy atom. The molecule has 2 amide bonds. The molecule has 1 N–H and O–H groups in total. The lowest BCUT2D eigenvalue weighted by molar-refractivity contribution is -0.137. The smallest absolute Gasteiger partial charge is 0.416 e. The third-order valence-corrected chi connectivity index (χ3v) is 5.19. The van der Waals surface area contributed by atoms with Crippen LogP contribution in [0.3, 0.4) is 0 Å². The molecule has 2 heterocycles. The predicted octanol–water partition coefficient (Wildman–Crippen LogP) is 4.21. The van der Waals surface area contributed by atoms with Gasteiger partial charge in [-0.05, 0) is 36.8 Å². The lowest BCUT2D eigenvalue weighted by atomic mass is 10.1. The Bertz CT molecular complexity index is 1040. The van der Waals surface area contributed by atoms with Crippen LogP contribution in [-0.4, -0.2) is 31.8 Å². The Balaban J connectivity index is 1.51. The molecule has 1 saturated heterocycles. The Morgan fingerprint density at radius 2 is 1.97 bits per heavy atom. The molecule has 7 nitrogen and oxygen atoms in total. The van der Waals surface area contributed by atoms with E-state index in [2.05, 4.69) is 5.32 Å². The van der Waals surface area contributed by atoms with E-state index < -0.39 is 23.6 Å². The van der Waals surface area contributed by atoms with Crippen molar-refractivity contribution in [2.45, 2.75) is 25.9 Å². The molecule has 0 unspecified atom stereocenters. The standard InChI is InChI=1S/C22H21F3N2O5/c1-2-7-30-17-5-3-14(22(23,24)25)9-16(17)26-21(29)13-8-20(28)27(11-13)15-4-6-18-19(10-15)32-12-31-18/h3-6,9-10,13H,2,7-8,11-12H2,1H3,(H,26,29)/t13-/m1/s1. The number of ether oxygens (including phenoxy) is 3. The molecule has 170 valence electrons. The molecule has 0 aromatic heterocycles. The first-order chi connectivity index (χ1) is 15.3. The van der Waals surface area contributed by atoms with Gasteiger partial charge in [0.1, 0.15) is 5.75 Å². The predicted molar refractivity (Wildman–Crippen MR) is 109 cm³/mol. The van der Waals surface area contributed by atoms with Crippen LogP contribution < -0.4 is 24.4 Å². The maximum atomic E-state index is 13.2. The molecular weight excluding hydrogens is 429 g/mol. The van der Waals surface area contributed by atoms with E-state index in [0.29, 0.717) is 23.6 Å². The average Bonchev–Trinajstić information content (AvgIpc) is 3.37. The van der Waals surface area contributed by atoms with Crippen molar-refractivity contribution >= 4 is 23.2 Å². The van der Waals surface area contributed by atoms with Crippen LogP contribution in [0, 0.1) is 5.92 Å². The SMILES string of the molecule is CCCOc1ccc(C(F)(F)F)cc1NC(=O)[C@@H]1CC(=O)N(c2ccc3c(c2)OCO3)C1. The van der Waals surface area contributed by atoms with Crippen molar-refractivity contribution in [3.8, 4) is 17.2 Å². The second-order valence-corrected chi connectivity index (χ2v) is 7.49. The number of carbonyl (C=O) groups excluding carboxylic acids is 2. The van der Waals surface area contributed by atoms with Gasteiger partial charge in [0.25, 0.3) is 0 Å². The summed E-state index contributed by atoms with van der Waals surface area (Å²) in [6.45, 7) is 2.33. The number of alkyl halides is 3. The van der Waals surface area contributed by atoms with Crippen LogP contribution in [0.15, 0.2) is 36.4 Å². The van der Waals surface area contributed by atoms with E-state index in [1.54, 1.807) is 18.2 Å². The van der Waals surface area contributed by atoms with Gasteiger partial charge in [0, 0.05) is 24.7 Å². The van der Waals surface area contributed by atoms with Crippen LogP contribution in [0.5, 0.6) is 17.2 Å². The monoisotopic (exact) mass is 450 g/mol. The van der Waals surface area contributed by atoms with Gasteiger partial charge in [-0.15, -0.1) is 0 Å². The van der Waals surface area contributed by atoms with Gasteiger partial charge in [0.05, 0.1) is 23.8 Å². The minimum absolute atomic E-state index is 0.0651. The van der Waals surface area contributed by atoms with Crippen LogP contribution in [0.2, 0.25) is 0 Å². The number of halogens is 3. The van der Waals surface area contributed by atoms with E-state index >= 15 is 0 Å². The first-order valence-electron chi connectivity index (χ1n) is 10.1. The number of anilines is 2. The van der Waals surface area contributed by atoms with Crippen molar-refractivity contribution < 1.29 is 37.0 Å². The van der Waals surface area contributed by atoms with Gasteiger partial charge in [-0.1, -0.05) is 6.92 Å². The molecule has 1 atom stereocenters. The molecule has 0 saturated carbocycles. The van der Waals surface area contributed by atoms with Gasteiger partial charge in [0.15, 0.2) is 11.5 Å². The number of amides is 2. The summed E-state index contributed by atoms with van der Waals surface area (Å²) in [4.78, 5) is 26.8. The van der Waals surface area contributed by atoms with Gasteiger partial charge in [-0.3, -0.25) is 9.59 Å². The second-order valence-electron chi connectivity index (χ2n) is 7.49. The van der Waals surface area contributed by atoms with Crippen LogP contribution in [0.4, 0.5) is 24.5 Å². The molecule has 10 heteroatoms. The number of hydrogen-bond donors (Lipinski definition) is 1. The number of nitrogens with one attached hydrogen (secondary N) is 1. The molecule has 0 bridgehead atoms. The molecule has 0 aliphatic carbocycles. The Hall–Kier alpha value is -3.43. The van der Waals surface area contributed by atoms with Gasteiger partial charge >= 0.3 is 6.18 Å². The summed E-state index contributed by atoms with van der Waals surface area (Å²) in [7, 11) is 0. The lowest BCUT2D eigenvalue weighted by Crippen LogP contribution is -2.28. The highest BCUT2D eigenvalue weighted by atomic mass is 19.4. The van der Waals surface area contributed by atoms with E-state index in [4.69, 9.17) is 14.2 Å². The highest BCUT2D eigenvalue weighted by molar-refractivity contribution is 6.04. The summed E-state index contributed by atoms with van der Waals surface area (Å²) in [5.74, 6) is -0.340. The van der Waals surface area contributed by atoms with Gasteiger partial charge in [0.2, 0.25) is 18.6 Å². The molecule has 1 fully saturated rings. The normalized spacial score (nSPS) is 17.6. The van der Waals surface area contributed by atoms with Gasteiger partial charge < -0.3 is 24.4 Å². The van der Waals surface area contributed by atoms with Crippen molar-refractivity contribution in [3.63, 3.8) is 0 Å². The number of fused-ring (bicyclic) bond motifs is 1. The summed E-state index contributed by atoms with van der Waals surface area (Å²) in [6, 6.07) is 7.96.